The maximum Gasteiger partial charge on any atom is 0.159 e. The summed E-state index contributed by atoms with van der Waals surface area (Å²) in [5.41, 5.74) is -0.813. The van der Waals surface area contributed by atoms with Crippen molar-refractivity contribution in [3.63, 3.8) is 0 Å². The van der Waals surface area contributed by atoms with Crippen LogP contribution < -0.4 is 0 Å². The summed E-state index contributed by atoms with van der Waals surface area (Å²) in [4.78, 5) is 15.0. The van der Waals surface area contributed by atoms with Crippen LogP contribution in [0.5, 0.6) is 0 Å². The van der Waals surface area contributed by atoms with E-state index in [2.05, 4.69) is 17.1 Å². The van der Waals surface area contributed by atoms with Gasteiger partial charge in [-0.15, -0.1) is 0 Å². The highest BCUT2D eigenvalue weighted by Crippen LogP contribution is 2.66. The van der Waals surface area contributed by atoms with E-state index in [0.29, 0.717) is 37.0 Å². The Labute approximate surface area is 190 Å². The molecule has 176 valence electrons. The Morgan fingerprint density at radius 2 is 1.91 bits per heavy atom. The zero-order valence-electron chi connectivity index (χ0n) is 19.6. The van der Waals surface area contributed by atoms with E-state index in [0.717, 1.165) is 44.2 Å². The number of carbonyl (C=O) groups is 1. The maximum atomic E-state index is 16.5. The number of Topliss-reactive ketones (excluding diaryl/α,β-unsaturated/α-hetero) is 1. The fourth-order valence-corrected chi connectivity index (χ4v) is 8.71. The van der Waals surface area contributed by atoms with Crippen molar-refractivity contribution in [3.8, 4) is 0 Å². The van der Waals surface area contributed by atoms with Gasteiger partial charge in [-0.3, -0.25) is 4.79 Å². The smallest absolute Gasteiger partial charge is 0.159 e. The minimum Gasteiger partial charge on any atom is -0.390 e. The SMILES string of the molecule is C[C@@]1(O)CC[C@@]2(F)[C@H](CC[C@H]3[C@@H]4CC[C@H](C(=O)Cn5ncc(C6CC6)n5)[C@@]4(C)CC[C@@H]32)C1. The zero-order valence-corrected chi connectivity index (χ0v) is 19.6. The predicted octanol–water partition coefficient (Wildman–Crippen LogP) is 4.84. The average Bonchev–Trinajstić information content (AvgIpc) is 3.38. The lowest BCUT2D eigenvalue weighted by Crippen LogP contribution is -2.58. The van der Waals surface area contributed by atoms with E-state index >= 15 is 4.39 Å². The molecule has 5 saturated carbocycles. The molecule has 6 heteroatoms. The van der Waals surface area contributed by atoms with Gasteiger partial charge in [0.25, 0.3) is 0 Å². The Morgan fingerprint density at radius 3 is 2.69 bits per heavy atom. The van der Waals surface area contributed by atoms with Crippen LogP contribution in [0.3, 0.4) is 0 Å². The quantitative estimate of drug-likeness (QED) is 0.723. The van der Waals surface area contributed by atoms with Crippen LogP contribution >= 0.6 is 0 Å². The molecule has 0 saturated heterocycles. The van der Waals surface area contributed by atoms with E-state index < -0.39 is 11.3 Å². The molecule has 5 nitrogen and oxygen atoms in total. The van der Waals surface area contributed by atoms with Crippen LogP contribution in [0, 0.1) is 35.0 Å². The number of rotatable bonds is 4. The molecule has 0 unspecified atom stereocenters. The number of alkyl halides is 1. The van der Waals surface area contributed by atoms with E-state index in [-0.39, 0.29) is 35.5 Å². The fourth-order valence-electron chi connectivity index (χ4n) is 8.71. The lowest BCUT2D eigenvalue weighted by molar-refractivity contribution is -0.166. The molecule has 1 N–H and O–H groups in total. The topological polar surface area (TPSA) is 68.0 Å². The van der Waals surface area contributed by atoms with Crippen LogP contribution in [0.4, 0.5) is 4.39 Å². The minimum atomic E-state index is -1.12. The number of aliphatic hydroxyl groups is 1. The lowest BCUT2D eigenvalue weighted by Gasteiger charge is -2.59. The monoisotopic (exact) mass is 443 g/mol. The van der Waals surface area contributed by atoms with Crippen molar-refractivity contribution in [2.75, 3.05) is 0 Å². The molecule has 5 aliphatic rings. The van der Waals surface area contributed by atoms with Gasteiger partial charge in [-0.25, -0.2) is 4.39 Å². The second kappa shape index (κ2) is 7.10. The number of ketones is 1. The first-order valence-electron chi connectivity index (χ1n) is 13.0. The third kappa shape index (κ3) is 3.22. The Bertz CT molecular complexity index is 911. The maximum absolute atomic E-state index is 16.5. The number of hydrogen-bond acceptors (Lipinski definition) is 4. The molecule has 8 atom stereocenters. The van der Waals surface area contributed by atoms with Crippen molar-refractivity contribution < 1.29 is 14.3 Å². The van der Waals surface area contributed by atoms with Crippen molar-refractivity contribution in [3.05, 3.63) is 11.9 Å². The summed E-state index contributed by atoms with van der Waals surface area (Å²) in [5.74, 6) is 1.81. The molecule has 0 bridgehead atoms. The van der Waals surface area contributed by atoms with Crippen LogP contribution in [-0.4, -0.2) is 37.2 Å². The van der Waals surface area contributed by atoms with Gasteiger partial charge in [-0.1, -0.05) is 6.92 Å². The molecule has 0 radical (unpaired) electrons. The fraction of sp³-hybridized carbons (Fsp3) is 0.885. The van der Waals surface area contributed by atoms with Crippen molar-refractivity contribution >= 4 is 5.78 Å². The van der Waals surface area contributed by atoms with Gasteiger partial charge in [0.2, 0.25) is 0 Å². The third-order valence-electron chi connectivity index (χ3n) is 10.5. The molecule has 5 fully saturated rings. The van der Waals surface area contributed by atoms with Gasteiger partial charge < -0.3 is 5.11 Å². The Morgan fingerprint density at radius 1 is 1.09 bits per heavy atom. The van der Waals surface area contributed by atoms with E-state index in [1.54, 1.807) is 4.80 Å². The first kappa shape index (κ1) is 21.2. The second-order valence-corrected chi connectivity index (χ2v) is 12.5. The number of aromatic nitrogens is 3. The molecule has 0 amide bonds. The van der Waals surface area contributed by atoms with Gasteiger partial charge in [0, 0.05) is 11.8 Å². The van der Waals surface area contributed by atoms with Crippen molar-refractivity contribution in [2.45, 2.75) is 108 Å². The van der Waals surface area contributed by atoms with Crippen LogP contribution in [-0.2, 0) is 11.3 Å². The van der Waals surface area contributed by atoms with Crippen molar-refractivity contribution in [2.24, 2.45) is 35.0 Å². The van der Waals surface area contributed by atoms with Gasteiger partial charge in [0.15, 0.2) is 5.78 Å². The molecule has 1 heterocycles. The molecular formula is C26H38FN3O2. The Balaban J connectivity index is 1.18. The molecule has 1 aromatic rings. The Kier molecular flexibility index (Phi) is 4.71. The highest BCUT2D eigenvalue weighted by Gasteiger charge is 2.63. The first-order chi connectivity index (χ1) is 15.2. The number of hydrogen-bond donors (Lipinski definition) is 1. The van der Waals surface area contributed by atoms with Crippen LogP contribution in [0.2, 0.25) is 0 Å². The van der Waals surface area contributed by atoms with Gasteiger partial charge in [0.1, 0.15) is 12.2 Å². The Hall–Kier alpha value is -1.30. The summed E-state index contributed by atoms with van der Waals surface area (Å²) in [5, 5.41) is 19.5. The number of fused-ring (bicyclic) bond motifs is 5. The lowest BCUT2D eigenvalue weighted by atomic mass is 9.48. The van der Waals surface area contributed by atoms with E-state index in [1.807, 2.05) is 13.1 Å². The van der Waals surface area contributed by atoms with Gasteiger partial charge >= 0.3 is 0 Å². The highest BCUT2D eigenvalue weighted by atomic mass is 19.1. The van der Waals surface area contributed by atoms with Crippen molar-refractivity contribution in [1.82, 2.24) is 15.0 Å². The van der Waals surface area contributed by atoms with E-state index in [9.17, 15) is 9.90 Å². The largest absolute Gasteiger partial charge is 0.390 e. The normalized spacial score (nSPS) is 48.1. The van der Waals surface area contributed by atoms with Crippen molar-refractivity contribution in [1.29, 1.82) is 0 Å². The van der Waals surface area contributed by atoms with Crippen LogP contribution in [0.25, 0.3) is 0 Å². The molecule has 0 spiro atoms. The first-order valence-corrected chi connectivity index (χ1v) is 13.0. The standard InChI is InChI=1S/C26H38FN3O2/c1-24(32)11-12-26(27)17(13-24)5-6-18-19-7-8-21(25(19,2)10-9-20(18)26)23(31)15-30-28-14-22(29-30)16-3-4-16/h14,16-21,32H,3-13,15H2,1-2H3/t17-,18+,19+,20+,21-,24-,25+,26-/m1/s1. The summed E-state index contributed by atoms with van der Waals surface area (Å²) >= 11 is 0. The molecule has 0 aliphatic heterocycles. The summed E-state index contributed by atoms with van der Waals surface area (Å²) in [6.07, 6.45) is 11.7. The second-order valence-electron chi connectivity index (χ2n) is 12.5. The molecular weight excluding hydrogens is 405 g/mol. The van der Waals surface area contributed by atoms with Crippen LogP contribution in [0.15, 0.2) is 6.20 Å². The molecule has 1 aromatic heterocycles. The minimum absolute atomic E-state index is 0.00208. The summed E-state index contributed by atoms with van der Waals surface area (Å²) in [7, 11) is 0. The number of nitrogens with zero attached hydrogens (tertiary/aromatic N) is 3. The zero-order chi connectivity index (χ0) is 22.3. The molecule has 5 aliphatic carbocycles. The van der Waals surface area contributed by atoms with Gasteiger partial charge in [-0.2, -0.15) is 15.0 Å². The molecule has 32 heavy (non-hydrogen) atoms. The highest BCUT2D eigenvalue weighted by molar-refractivity contribution is 5.82. The summed E-state index contributed by atoms with van der Waals surface area (Å²) in [6.45, 7) is 4.47. The van der Waals surface area contributed by atoms with Gasteiger partial charge in [-0.05, 0) is 107 Å². The number of carbonyl (C=O) groups excluding carboxylic acids is 1. The summed E-state index contributed by atoms with van der Waals surface area (Å²) in [6, 6.07) is 0. The average molecular weight is 444 g/mol. The predicted molar refractivity (Wildman–Crippen MR) is 119 cm³/mol. The van der Waals surface area contributed by atoms with E-state index in [1.165, 1.54) is 12.8 Å². The van der Waals surface area contributed by atoms with Crippen LogP contribution in [0.1, 0.15) is 96.1 Å². The molecule has 6 rings (SSSR count). The number of halogens is 1. The molecule has 0 aromatic carbocycles. The summed E-state index contributed by atoms with van der Waals surface area (Å²) < 4.78 is 16.5. The van der Waals surface area contributed by atoms with Gasteiger partial charge in [0.05, 0.1) is 17.5 Å². The van der Waals surface area contributed by atoms with E-state index in [4.69, 9.17) is 0 Å². The third-order valence-corrected chi connectivity index (χ3v) is 10.5.